The third-order valence-corrected chi connectivity index (χ3v) is 3.09. The lowest BCUT2D eigenvalue weighted by Crippen LogP contribution is -2.28. The molecule has 1 fully saturated rings. The highest BCUT2D eigenvalue weighted by molar-refractivity contribution is 5.43. The summed E-state index contributed by atoms with van der Waals surface area (Å²) in [6, 6.07) is 1.53. The second-order valence-electron chi connectivity index (χ2n) is 4.66. The number of hydrogen-bond donors (Lipinski definition) is 1. The zero-order valence-corrected chi connectivity index (χ0v) is 10.2. The van der Waals surface area contributed by atoms with Crippen molar-refractivity contribution in [1.29, 1.82) is 0 Å². The largest absolute Gasteiger partial charge is 0.392 e. The molecular formula is C13H19FN2O. The highest BCUT2D eigenvalue weighted by Gasteiger charge is 2.26. The van der Waals surface area contributed by atoms with E-state index in [2.05, 4.69) is 11.9 Å². The van der Waals surface area contributed by atoms with E-state index in [1.807, 2.05) is 4.90 Å². The highest BCUT2D eigenvalue weighted by Crippen LogP contribution is 2.32. The summed E-state index contributed by atoms with van der Waals surface area (Å²) in [6.07, 6.45) is 5.01. The molecule has 2 rings (SSSR count). The second kappa shape index (κ2) is 5.45. The van der Waals surface area contributed by atoms with Crippen LogP contribution < -0.4 is 4.90 Å². The average Bonchev–Trinajstić information content (AvgIpc) is 3.13. The molecule has 1 aliphatic carbocycles. The van der Waals surface area contributed by atoms with E-state index in [1.165, 1.54) is 18.9 Å². The van der Waals surface area contributed by atoms with Crippen molar-refractivity contribution in [3.8, 4) is 0 Å². The van der Waals surface area contributed by atoms with Crippen molar-refractivity contribution < 1.29 is 9.50 Å². The molecule has 0 unspecified atom stereocenters. The van der Waals surface area contributed by atoms with Crippen molar-refractivity contribution in [2.24, 2.45) is 5.92 Å². The number of aromatic nitrogens is 1. The summed E-state index contributed by atoms with van der Waals surface area (Å²) < 4.78 is 14.1. The Labute approximate surface area is 101 Å². The van der Waals surface area contributed by atoms with E-state index in [9.17, 15) is 4.39 Å². The van der Waals surface area contributed by atoms with Crippen LogP contribution in [0.15, 0.2) is 12.3 Å². The number of pyridine rings is 1. The standard InChI is InChI=1S/C13H19FN2O/c1-2-7-16(8-10-3-4-10)13-12(14)11(9-17)5-6-15-13/h5-6,10,17H,2-4,7-9H2,1H3. The molecule has 1 heterocycles. The first-order chi connectivity index (χ1) is 8.26. The van der Waals surface area contributed by atoms with Gasteiger partial charge in [-0.15, -0.1) is 0 Å². The maximum atomic E-state index is 14.1. The fourth-order valence-electron chi connectivity index (χ4n) is 1.98. The van der Waals surface area contributed by atoms with Crippen molar-refractivity contribution in [3.63, 3.8) is 0 Å². The maximum absolute atomic E-state index is 14.1. The third-order valence-electron chi connectivity index (χ3n) is 3.09. The lowest BCUT2D eigenvalue weighted by Gasteiger charge is -2.24. The first-order valence-electron chi connectivity index (χ1n) is 6.25. The molecular weight excluding hydrogens is 219 g/mol. The highest BCUT2D eigenvalue weighted by atomic mass is 19.1. The van der Waals surface area contributed by atoms with Crippen molar-refractivity contribution in [2.45, 2.75) is 32.8 Å². The van der Waals surface area contributed by atoms with E-state index < -0.39 is 0 Å². The number of aliphatic hydroxyl groups is 1. The molecule has 1 aliphatic rings. The van der Waals surface area contributed by atoms with Gasteiger partial charge in [0.05, 0.1) is 6.61 Å². The lowest BCUT2D eigenvalue weighted by atomic mass is 10.2. The van der Waals surface area contributed by atoms with Crippen molar-refractivity contribution in [2.75, 3.05) is 18.0 Å². The summed E-state index contributed by atoms with van der Waals surface area (Å²) in [5.74, 6) is 0.718. The van der Waals surface area contributed by atoms with Gasteiger partial charge in [-0.25, -0.2) is 9.37 Å². The predicted octanol–water partition coefficient (Wildman–Crippen LogP) is 2.34. The molecule has 17 heavy (non-hydrogen) atoms. The molecule has 1 aromatic rings. The van der Waals surface area contributed by atoms with Crippen molar-refractivity contribution >= 4 is 5.82 Å². The van der Waals surface area contributed by atoms with Gasteiger partial charge in [-0.3, -0.25) is 0 Å². The monoisotopic (exact) mass is 238 g/mol. The van der Waals surface area contributed by atoms with Crippen LogP contribution in [0.1, 0.15) is 31.7 Å². The molecule has 0 radical (unpaired) electrons. The van der Waals surface area contributed by atoms with Crippen LogP contribution in [0.2, 0.25) is 0 Å². The topological polar surface area (TPSA) is 36.4 Å². The Kier molecular flexibility index (Phi) is 3.94. The summed E-state index contributed by atoms with van der Waals surface area (Å²) in [4.78, 5) is 6.13. The molecule has 0 aromatic carbocycles. The predicted molar refractivity (Wildman–Crippen MR) is 65.3 cm³/mol. The van der Waals surface area contributed by atoms with Crippen LogP contribution in [0.3, 0.4) is 0 Å². The number of nitrogens with zero attached hydrogens (tertiary/aromatic N) is 2. The SMILES string of the molecule is CCCN(CC1CC1)c1nccc(CO)c1F. The Hall–Kier alpha value is -1.16. The summed E-state index contributed by atoms with van der Waals surface area (Å²) in [6.45, 7) is 3.50. The summed E-state index contributed by atoms with van der Waals surface area (Å²) in [5.41, 5.74) is 0.326. The molecule has 0 aliphatic heterocycles. The van der Waals surface area contributed by atoms with Gasteiger partial charge in [0.15, 0.2) is 11.6 Å². The maximum Gasteiger partial charge on any atom is 0.171 e. The number of anilines is 1. The second-order valence-corrected chi connectivity index (χ2v) is 4.66. The van der Waals surface area contributed by atoms with Crippen LogP contribution in [0.5, 0.6) is 0 Å². The van der Waals surface area contributed by atoms with E-state index in [-0.39, 0.29) is 12.4 Å². The van der Waals surface area contributed by atoms with Gasteiger partial charge in [-0.1, -0.05) is 6.92 Å². The molecule has 4 heteroatoms. The average molecular weight is 238 g/mol. The smallest absolute Gasteiger partial charge is 0.171 e. The minimum atomic E-state index is -0.371. The fraction of sp³-hybridized carbons (Fsp3) is 0.615. The van der Waals surface area contributed by atoms with Crippen LogP contribution in [0.25, 0.3) is 0 Å². The summed E-state index contributed by atoms with van der Waals surface area (Å²) >= 11 is 0. The molecule has 0 bridgehead atoms. The van der Waals surface area contributed by atoms with Crippen molar-refractivity contribution in [3.05, 3.63) is 23.6 Å². The molecule has 0 atom stereocenters. The molecule has 94 valence electrons. The van der Waals surface area contributed by atoms with Crippen LogP contribution in [-0.4, -0.2) is 23.2 Å². The Morgan fingerprint density at radius 1 is 1.53 bits per heavy atom. The Morgan fingerprint density at radius 3 is 2.88 bits per heavy atom. The van der Waals surface area contributed by atoms with Crippen LogP contribution in [0.4, 0.5) is 10.2 Å². The minimum Gasteiger partial charge on any atom is -0.392 e. The lowest BCUT2D eigenvalue weighted by molar-refractivity contribution is 0.275. The summed E-state index contributed by atoms with van der Waals surface area (Å²) in [7, 11) is 0. The summed E-state index contributed by atoms with van der Waals surface area (Å²) in [5, 5.41) is 9.06. The quantitative estimate of drug-likeness (QED) is 0.826. The minimum absolute atomic E-state index is 0.273. The number of rotatable bonds is 6. The van der Waals surface area contributed by atoms with Gasteiger partial charge in [-0.05, 0) is 31.2 Å². The molecule has 1 N–H and O–H groups in total. The van der Waals surface area contributed by atoms with Gasteiger partial charge in [0.1, 0.15) is 0 Å². The van der Waals surface area contributed by atoms with Gasteiger partial charge in [0, 0.05) is 24.8 Å². The molecule has 0 saturated heterocycles. The number of aliphatic hydroxyl groups excluding tert-OH is 1. The van der Waals surface area contributed by atoms with E-state index in [4.69, 9.17) is 5.11 Å². The Bertz CT molecular complexity index is 380. The van der Waals surface area contributed by atoms with E-state index >= 15 is 0 Å². The van der Waals surface area contributed by atoms with Crippen molar-refractivity contribution in [1.82, 2.24) is 4.98 Å². The Balaban J connectivity index is 2.20. The van der Waals surface area contributed by atoms with Gasteiger partial charge in [0.25, 0.3) is 0 Å². The van der Waals surface area contributed by atoms with E-state index in [0.717, 1.165) is 19.5 Å². The number of halogens is 1. The van der Waals surface area contributed by atoms with Crippen LogP contribution >= 0.6 is 0 Å². The van der Waals surface area contributed by atoms with Gasteiger partial charge >= 0.3 is 0 Å². The molecule has 3 nitrogen and oxygen atoms in total. The van der Waals surface area contributed by atoms with Gasteiger partial charge in [0.2, 0.25) is 0 Å². The third kappa shape index (κ3) is 2.94. The fourth-order valence-corrected chi connectivity index (χ4v) is 1.98. The number of hydrogen-bond acceptors (Lipinski definition) is 3. The van der Waals surface area contributed by atoms with Gasteiger partial charge < -0.3 is 10.0 Å². The Morgan fingerprint density at radius 2 is 2.29 bits per heavy atom. The molecule has 1 saturated carbocycles. The van der Waals surface area contributed by atoms with E-state index in [0.29, 0.717) is 17.3 Å². The first-order valence-corrected chi connectivity index (χ1v) is 6.25. The van der Waals surface area contributed by atoms with Gasteiger partial charge in [-0.2, -0.15) is 0 Å². The molecule has 0 amide bonds. The van der Waals surface area contributed by atoms with E-state index in [1.54, 1.807) is 6.20 Å². The van der Waals surface area contributed by atoms with Crippen LogP contribution in [-0.2, 0) is 6.61 Å². The zero-order chi connectivity index (χ0) is 12.3. The molecule has 0 spiro atoms. The normalized spacial score (nSPS) is 15.0. The first kappa shape index (κ1) is 12.3. The zero-order valence-electron chi connectivity index (χ0n) is 10.2. The molecule has 1 aromatic heterocycles. The van der Waals surface area contributed by atoms with Crippen LogP contribution in [0, 0.1) is 11.7 Å².